The van der Waals surface area contributed by atoms with E-state index < -0.39 is 16.6 Å². The first-order valence-electron chi connectivity index (χ1n) is 8.75. The van der Waals surface area contributed by atoms with Gasteiger partial charge in [-0.2, -0.15) is 8.78 Å². The second-order valence-corrected chi connectivity index (χ2v) is 7.96. The monoisotopic (exact) mass is 440 g/mol. The van der Waals surface area contributed by atoms with Crippen LogP contribution >= 0.6 is 0 Å². The first-order chi connectivity index (χ1) is 14.2. The summed E-state index contributed by atoms with van der Waals surface area (Å²) in [5.74, 6) is -0.327. The molecule has 0 spiro atoms. The molecule has 0 aliphatic rings. The lowest BCUT2D eigenvalue weighted by molar-refractivity contribution is -0.0512. The molecule has 10 heteroatoms. The third-order valence-corrected chi connectivity index (χ3v) is 5.48. The Hall–Kier alpha value is -2.98. The number of halogens is 2. The number of hydrogen-bond acceptors (Lipinski definition) is 5. The summed E-state index contributed by atoms with van der Waals surface area (Å²) in [5, 5.41) is 0. The molecule has 1 N–H and O–H groups in total. The second kappa shape index (κ2) is 10.2. The molecule has 0 fully saturated rings. The largest absolute Gasteiger partial charge is 0.493 e. The van der Waals surface area contributed by atoms with E-state index in [2.05, 4.69) is 16.0 Å². The number of ether oxygens (including phenoxy) is 2. The zero-order valence-corrected chi connectivity index (χ0v) is 17.3. The summed E-state index contributed by atoms with van der Waals surface area (Å²) < 4.78 is 60.8. The molecule has 1 amide bonds. The van der Waals surface area contributed by atoms with Crippen LogP contribution < -0.4 is 14.2 Å². The Morgan fingerprint density at radius 1 is 1.20 bits per heavy atom. The van der Waals surface area contributed by atoms with Crippen LogP contribution in [0.15, 0.2) is 60.0 Å². The van der Waals surface area contributed by atoms with E-state index in [0.29, 0.717) is 11.1 Å². The van der Waals surface area contributed by atoms with Gasteiger partial charge in [0.05, 0.1) is 12.0 Å². The highest BCUT2D eigenvalue weighted by Gasteiger charge is 2.17. The van der Waals surface area contributed by atoms with Gasteiger partial charge in [0, 0.05) is 25.7 Å². The minimum absolute atomic E-state index is 0.0305. The van der Waals surface area contributed by atoms with Gasteiger partial charge in [0.2, 0.25) is 10.0 Å². The number of amides is 1. The highest BCUT2D eigenvalue weighted by molar-refractivity contribution is 7.89. The zero-order valence-electron chi connectivity index (χ0n) is 16.5. The van der Waals surface area contributed by atoms with Gasteiger partial charge in [-0.3, -0.25) is 4.79 Å². The van der Waals surface area contributed by atoms with Crippen molar-refractivity contribution in [1.82, 2.24) is 9.62 Å². The van der Waals surface area contributed by atoms with E-state index in [1.807, 2.05) is 0 Å². The number of hydrogen-bond donors (Lipinski definition) is 1. The van der Waals surface area contributed by atoms with Crippen molar-refractivity contribution in [3.63, 3.8) is 0 Å². The topological polar surface area (TPSA) is 84.9 Å². The molecule has 7 nitrogen and oxygen atoms in total. The minimum Gasteiger partial charge on any atom is -0.493 e. The molecule has 0 atom stereocenters. The third kappa shape index (κ3) is 6.01. The third-order valence-electron chi connectivity index (χ3n) is 4.04. The van der Waals surface area contributed by atoms with Crippen LogP contribution in [0, 0.1) is 0 Å². The Balaban J connectivity index is 2.11. The van der Waals surface area contributed by atoms with Gasteiger partial charge in [-0.1, -0.05) is 12.1 Å². The van der Waals surface area contributed by atoms with Crippen molar-refractivity contribution in [1.29, 1.82) is 0 Å². The number of benzene rings is 2. The molecule has 162 valence electrons. The Morgan fingerprint density at radius 3 is 2.43 bits per heavy atom. The lowest BCUT2D eigenvalue weighted by atomic mass is 10.1. The van der Waals surface area contributed by atoms with Crippen LogP contribution in [-0.4, -0.2) is 46.5 Å². The SMILES string of the molecule is C=CCNS(=O)(=O)c1ccc(C(=O)N(C)Cc2ccc(OC(F)F)c(OC)c2)cc1. The summed E-state index contributed by atoms with van der Waals surface area (Å²) in [6.07, 6.45) is 1.42. The van der Waals surface area contributed by atoms with Crippen molar-refractivity contribution < 1.29 is 31.5 Å². The molecule has 0 aliphatic heterocycles. The molecule has 0 bridgehead atoms. The van der Waals surface area contributed by atoms with Gasteiger partial charge >= 0.3 is 6.61 Å². The number of carbonyl (C=O) groups excluding carboxylic acids is 1. The van der Waals surface area contributed by atoms with Crippen LogP contribution in [0.2, 0.25) is 0 Å². The molecule has 2 aromatic carbocycles. The van der Waals surface area contributed by atoms with E-state index in [-0.39, 0.29) is 35.4 Å². The number of rotatable bonds is 10. The predicted octanol–water partition coefficient (Wildman–Crippen LogP) is 3.03. The molecule has 0 aromatic heterocycles. The molecule has 2 aromatic rings. The van der Waals surface area contributed by atoms with Gasteiger partial charge in [-0.05, 0) is 42.0 Å². The van der Waals surface area contributed by atoms with Crippen molar-refractivity contribution in [2.45, 2.75) is 18.1 Å². The van der Waals surface area contributed by atoms with Crippen molar-refractivity contribution >= 4 is 15.9 Å². The maximum atomic E-state index is 12.6. The molecule has 0 radical (unpaired) electrons. The molecule has 0 heterocycles. The summed E-state index contributed by atoms with van der Waals surface area (Å²) in [4.78, 5) is 14.1. The van der Waals surface area contributed by atoms with Crippen LogP contribution in [0.4, 0.5) is 8.78 Å². The standard InChI is InChI=1S/C20H22F2N2O5S/c1-4-11-23-30(26,27)16-8-6-15(7-9-16)19(25)24(2)13-14-5-10-17(29-20(21)22)18(12-14)28-3/h4-10,12,20,23H,1,11,13H2,2-3H3. The molecule has 0 unspecified atom stereocenters. The fourth-order valence-electron chi connectivity index (χ4n) is 2.60. The van der Waals surface area contributed by atoms with Crippen LogP contribution in [-0.2, 0) is 16.6 Å². The quantitative estimate of drug-likeness (QED) is 0.574. The van der Waals surface area contributed by atoms with Crippen LogP contribution in [0.1, 0.15) is 15.9 Å². The van der Waals surface area contributed by atoms with Gasteiger partial charge in [0.25, 0.3) is 5.91 Å². The van der Waals surface area contributed by atoms with Gasteiger partial charge in [-0.15, -0.1) is 6.58 Å². The fourth-order valence-corrected chi connectivity index (χ4v) is 3.60. The Kier molecular flexibility index (Phi) is 7.90. The van der Waals surface area contributed by atoms with E-state index in [1.165, 1.54) is 54.5 Å². The minimum atomic E-state index is -3.68. The van der Waals surface area contributed by atoms with E-state index >= 15 is 0 Å². The zero-order chi connectivity index (χ0) is 22.3. The predicted molar refractivity (Wildman–Crippen MR) is 107 cm³/mol. The lowest BCUT2D eigenvalue weighted by Crippen LogP contribution is -2.26. The summed E-state index contributed by atoms with van der Waals surface area (Å²) >= 11 is 0. The number of alkyl halides is 2. The average Bonchev–Trinajstić information content (AvgIpc) is 2.72. The first kappa shape index (κ1) is 23.3. The van der Waals surface area contributed by atoms with Crippen molar-refractivity contribution in [3.05, 3.63) is 66.2 Å². The first-order valence-corrected chi connectivity index (χ1v) is 10.2. The van der Waals surface area contributed by atoms with Gasteiger partial charge in [0.1, 0.15) is 0 Å². The summed E-state index contributed by atoms with van der Waals surface area (Å²) in [5.41, 5.74) is 0.932. The average molecular weight is 440 g/mol. The van der Waals surface area contributed by atoms with Gasteiger partial charge < -0.3 is 14.4 Å². The highest BCUT2D eigenvalue weighted by Crippen LogP contribution is 2.30. The molecular weight excluding hydrogens is 418 g/mol. The fraction of sp³-hybridized carbons (Fsp3) is 0.250. The second-order valence-electron chi connectivity index (χ2n) is 6.19. The number of nitrogens with zero attached hydrogens (tertiary/aromatic N) is 1. The van der Waals surface area contributed by atoms with E-state index in [0.717, 1.165) is 0 Å². The molecule has 30 heavy (non-hydrogen) atoms. The Morgan fingerprint density at radius 2 is 1.87 bits per heavy atom. The lowest BCUT2D eigenvalue weighted by Gasteiger charge is -2.19. The molecule has 0 saturated carbocycles. The van der Waals surface area contributed by atoms with E-state index in [1.54, 1.807) is 13.1 Å². The Bertz CT molecular complexity index is 995. The van der Waals surface area contributed by atoms with Gasteiger partial charge in [-0.25, -0.2) is 13.1 Å². The maximum Gasteiger partial charge on any atom is 0.387 e. The molecule has 0 saturated heterocycles. The number of sulfonamides is 1. The maximum absolute atomic E-state index is 12.6. The van der Waals surface area contributed by atoms with Crippen molar-refractivity contribution in [3.8, 4) is 11.5 Å². The smallest absolute Gasteiger partial charge is 0.387 e. The number of carbonyl (C=O) groups is 1. The van der Waals surface area contributed by atoms with E-state index in [4.69, 9.17) is 4.74 Å². The summed E-state index contributed by atoms with van der Waals surface area (Å²) in [7, 11) is -0.790. The van der Waals surface area contributed by atoms with Crippen molar-refractivity contribution in [2.24, 2.45) is 0 Å². The normalized spacial score (nSPS) is 11.2. The number of methoxy groups -OCH3 is 1. The summed E-state index contributed by atoms with van der Waals surface area (Å²) in [6.45, 7) is 0.738. The molecule has 2 rings (SSSR count). The van der Waals surface area contributed by atoms with E-state index in [9.17, 15) is 22.0 Å². The van der Waals surface area contributed by atoms with Crippen LogP contribution in [0.3, 0.4) is 0 Å². The Labute approximate surface area is 174 Å². The van der Waals surface area contributed by atoms with Crippen LogP contribution in [0.5, 0.6) is 11.5 Å². The highest BCUT2D eigenvalue weighted by atomic mass is 32.2. The molecular formula is C20H22F2N2O5S. The van der Waals surface area contributed by atoms with Crippen LogP contribution in [0.25, 0.3) is 0 Å². The number of nitrogens with one attached hydrogen (secondary N) is 1. The summed E-state index contributed by atoms with van der Waals surface area (Å²) in [6, 6.07) is 9.91. The van der Waals surface area contributed by atoms with Gasteiger partial charge in [0.15, 0.2) is 11.5 Å². The molecule has 0 aliphatic carbocycles. The van der Waals surface area contributed by atoms with Crippen molar-refractivity contribution in [2.75, 3.05) is 20.7 Å².